The second-order valence-electron chi connectivity index (χ2n) is 5.67. The highest BCUT2D eigenvalue weighted by Crippen LogP contribution is 2.33. The quantitative estimate of drug-likeness (QED) is 0.530. The van der Waals surface area contributed by atoms with E-state index in [1.165, 1.54) is 10.4 Å². The monoisotopic (exact) mass is 381 g/mol. The minimum atomic E-state index is 0.646. The molecule has 2 N–H and O–H groups in total. The van der Waals surface area contributed by atoms with E-state index in [1.54, 1.807) is 23.7 Å². The SMILES string of the molecule is Clc1ccc(-c2ccc(-c3ccc(/C=N/NC4=NCCN4)cc3)s2)nc1. The predicted octanol–water partition coefficient (Wildman–Crippen LogP) is 4.01. The molecular formula is C19H16ClN5S. The highest BCUT2D eigenvalue weighted by Gasteiger charge is 2.06. The van der Waals surface area contributed by atoms with Gasteiger partial charge < -0.3 is 5.32 Å². The summed E-state index contributed by atoms with van der Waals surface area (Å²) in [6.07, 6.45) is 3.45. The topological polar surface area (TPSA) is 61.7 Å². The van der Waals surface area contributed by atoms with Gasteiger partial charge in [-0.25, -0.2) is 10.4 Å². The van der Waals surface area contributed by atoms with E-state index >= 15 is 0 Å². The van der Waals surface area contributed by atoms with Crippen molar-refractivity contribution in [1.82, 2.24) is 15.7 Å². The van der Waals surface area contributed by atoms with Crippen molar-refractivity contribution in [3.8, 4) is 21.0 Å². The fourth-order valence-electron chi connectivity index (χ4n) is 2.53. The van der Waals surface area contributed by atoms with Crippen molar-refractivity contribution in [3.05, 3.63) is 65.3 Å². The zero-order valence-corrected chi connectivity index (χ0v) is 15.4. The lowest BCUT2D eigenvalue weighted by molar-refractivity contribution is 0.920. The lowest BCUT2D eigenvalue weighted by Gasteiger charge is -2.01. The van der Waals surface area contributed by atoms with Gasteiger partial charge in [0.15, 0.2) is 0 Å². The molecule has 130 valence electrons. The van der Waals surface area contributed by atoms with Crippen LogP contribution in [0.3, 0.4) is 0 Å². The Morgan fingerprint density at radius 1 is 1.08 bits per heavy atom. The zero-order valence-electron chi connectivity index (χ0n) is 13.8. The minimum absolute atomic E-state index is 0.646. The highest BCUT2D eigenvalue weighted by molar-refractivity contribution is 7.18. The Kier molecular flexibility index (Phi) is 4.95. The molecule has 0 spiro atoms. The van der Waals surface area contributed by atoms with E-state index in [2.05, 4.69) is 50.1 Å². The van der Waals surface area contributed by atoms with Crippen LogP contribution in [0.2, 0.25) is 5.02 Å². The third-order valence-electron chi connectivity index (χ3n) is 3.84. The molecule has 0 unspecified atom stereocenters. The number of aliphatic imine (C=N–C) groups is 1. The van der Waals surface area contributed by atoms with E-state index in [1.807, 2.05) is 24.3 Å². The minimum Gasteiger partial charge on any atom is -0.353 e. The average molecular weight is 382 g/mol. The molecule has 1 aliphatic heterocycles. The molecule has 26 heavy (non-hydrogen) atoms. The molecule has 7 heteroatoms. The maximum atomic E-state index is 5.90. The molecule has 1 aromatic carbocycles. The summed E-state index contributed by atoms with van der Waals surface area (Å²) in [5.74, 6) is 0.722. The third-order valence-corrected chi connectivity index (χ3v) is 5.22. The fraction of sp³-hybridized carbons (Fsp3) is 0.105. The largest absolute Gasteiger partial charge is 0.353 e. The molecule has 0 saturated heterocycles. The number of nitrogens with one attached hydrogen (secondary N) is 2. The van der Waals surface area contributed by atoms with Crippen LogP contribution in [-0.2, 0) is 0 Å². The Morgan fingerprint density at radius 2 is 1.92 bits per heavy atom. The molecule has 0 fully saturated rings. The van der Waals surface area contributed by atoms with Gasteiger partial charge >= 0.3 is 0 Å². The Hall–Kier alpha value is -2.70. The molecule has 0 radical (unpaired) electrons. The molecule has 4 rings (SSSR count). The molecule has 3 aromatic rings. The Balaban J connectivity index is 1.45. The number of aromatic nitrogens is 1. The van der Waals surface area contributed by atoms with Crippen molar-refractivity contribution in [2.24, 2.45) is 10.1 Å². The first kappa shape index (κ1) is 16.8. The van der Waals surface area contributed by atoms with Crippen molar-refractivity contribution in [1.29, 1.82) is 0 Å². The van der Waals surface area contributed by atoms with Crippen LogP contribution >= 0.6 is 22.9 Å². The lowest BCUT2D eigenvalue weighted by atomic mass is 10.1. The van der Waals surface area contributed by atoms with Gasteiger partial charge in [0.2, 0.25) is 5.96 Å². The summed E-state index contributed by atoms with van der Waals surface area (Å²) in [6, 6.07) is 16.3. The summed E-state index contributed by atoms with van der Waals surface area (Å²) in [7, 11) is 0. The number of thiophene rings is 1. The normalized spacial score (nSPS) is 13.7. The van der Waals surface area contributed by atoms with Crippen LogP contribution in [0, 0.1) is 0 Å². The van der Waals surface area contributed by atoms with Gasteiger partial charge in [-0.1, -0.05) is 35.9 Å². The van der Waals surface area contributed by atoms with Crippen molar-refractivity contribution < 1.29 is 0 Å². The molecule has 5 nitrogen and oxygen atoms in total. The van der Waals surface area contributed by atoms with Gasteiger partial charge in [0.1, 0.15) is 0 Å². The fourth-order valence-corrected chi connectivity index (χ4v) is 3.63. The first-order valence-electron chi connectivity index (χ1n) is 8.17. The van der Waals surface area contributed by atoms with Gasteiger partial charge in [-0.2, -0.15) is 5.10 Å². The van der Waals surface area contributed by atoms with Crippen LogP contribution in [-0.4, -0.2) is 30.2 Å². The third kappa shape index (κ3) is 3.92. The summed E-state index contributed by atoms with van der Waals surface area (Å²) in [6.45, 7) is 1.65. The number of rotatable bonds is 4. The number of halogens is 1. The standard InChI is InChI=1S/C19H16ClN5S/c20-15-5-6-16(23-12-15)18-8-7-17(26-18)14-3-1-13(2-4-14)11-24-25-19-21-9-10-22-19/h1-8,11-12H,9-10H2,(H2,21,22,25)/b24-11+. The van der Waals surface area contributed by atoms with Crippen molar-refractivity contribution >= 4 is 35.1 Å². The lowest BCUT2D eigenvalue weighted by Crippen LogP contribution is -2.30. The molecule has 0 bridgehead atoms. The van der Waals surface area contributed by atoms with Gasteiger partial charge in [0, 0.05) is 17.6 Å². The highest BCUT2D eigenvalue weighted by atomic mass is 35.5. The molecule has 0 saturated carbocycles. The van der Waals surface area contributed by atoms with Gasteiger partial charge in [-0.05, 0) is 35.4 Å². The number of guanidine groups is 1. The Bertz CT molecular complexity index is 945. The maximum Gasteiger partial charge on any atom is 0.212 e. The zero-order chi connectivity index (χ0) is 17.8. The van der Waals surface area contributed by atoms with Crippen molar-refractivity contribution in [2.75, 3.05) is 13.1 Å². The second-order valence-corrected chi connectivity index (χ2v) is 7.19. The average Bonchev–Trinajstić information content (AvgIpc) is 3.35. The summed E-state index contributed by atoms with van der Waals surface area (Å²) in [5.41, 5.74) is 6.02. The summed E-state index contributed by atoms with van der Waals surface area (Å²) < 4.78 is 0. The van der Waals surface area contributed by atoms with Gasteiger partial charge in [0.05, 0.1) is 28.4 Å². The summed E-state index contributed by atoms with van der Waals surface area (Å²) in [4.78, 5) is 10.9. The molecule has 0 amide bonds. The van der Waals surface area contributed by atoms with Crippen LogP contribution in [0.15, 0.2) is 64.8 Å². The van der Waals surface area contributed by atoms with E-state index < -0.39 is 0 Å². The molecular weight excluding hydrogens is 366 g/mol. The molecule has 2 aromatic heterocycles. The number of pyridine rings is 1. The van der Waals surface area contributed by atoms with Crippen molar-refractivity contribution in [3.63, 3.8) is 0 Å². The predicted molar refractivity (Wildman–Crippen MR) is 109 cm³/mol. The van der Waals surface area contributed by atoms with E-state index in [-0.39, 0.29) is 0 Å². The van der Waals surface area contributed by atoms with Crippen LogP contribution in [0.5, 0.6) is 0 Å². The van der Waals surface area contributed by atoms with Crippen molar-refractivity contribution in [2.45, 2.75) is 0 Å². The van der Waals surface area contributed by atoms with Crippen LogP contribution < -0.4 is 10.7 Å². The first-order chi connectivity index (χ1) is 12.8. The number of hydrogen-bond acceptors (Lipinski definition) is 6. The molecule has 0 atom stereocenters. The van der Waals surface area contributed by atoms with Gasteiger partial charge in [-0.3, -0.25) is 4.98 Å². The summed E-state index contributed by atoms with van der Waals surface area (Å²) >= 11 is 7.61. The van der Waals surface area contributed by atoms with Gasteiger partial charge in [-0.15, -0.1) is 11.3 Å². The van der Waals surface area contributed by atoms with Crippen LogP contribution in [0.4, 0.5) is 0 Å². The maximum absolute atomic E-state index is 5.90. The molecule has 0 aliphatic carbocycles. The summed E-state index contributed by atoms with van der Waals surface area (Å²) in [5, 5.41) is 7.94. The number of nitrogens with zero attached hydrogens (tertiary/aromatic N) is 3. The first-order valence-corrected chi connectivity index (χ1v) is 9.37. The Morgan fingerprint density at radius 3 is 2.65 bits per heavy atom. The number of hydrazone groups is 1. The van der Waals surface area contributed by atoms with E-state index in [0.717, 1.165) is 35.2 Å². The number of hydrogen-bond donors (Lipinski definition) is 2. The van der Waals surface area contributed by atoms with E-state index in [9.17, 15) is 0 Å². The van der Waals surface area contributed by atoms with Crippen LogP contribution in [0.1, 0.15) is 5.56 Å². The second kappa shape index (κ2) is 7.68. The smallest absolute Gasteiger partial charge is 0.212 e. The van der Waals surface area contributed by atoms with Gasteiger partial charge in [0.25, 0.3) is 0 Å². The molecule has 1 aliphatic rings. The number of benzene rings is 1. The van der Waals surface area contributed by atoms with Crippen LogP contribution in [0.25, 0.3) is 21.0 Å². The van der Waals surface area contributed by atoms with E-state index in [0.29, 0.717) is 5.02 Å². The Labute approximate surface area is 160 Å². The molecule has 3 heterocycles. The van der Waals surface area contributed by atoms with E-state index in [4.69, 9.17) is 11.6 Å².